The molecule has 0 aliphatic rings. The summed E-state index contributed by atoms with van der Waals surface area (Å²) in [5.41, 5.74) is 2.26. The highest BCUT2D eigenvalue weighted by atomic mass is 35.5. The number of aryl methyl sites for hydroxylation is 1. The third-order valence-corrected chi connectivity index (χ3v) is 2.59. The molecule has 0 radical (unpaired) electrons. The van der Waals surface area contributed by atoms with E-state index in [9.17, 15) is 0 Å². The third-order valence-electron chi connectivity index (χ3n) is 2.59. The lowest BCUT2D eigenvalue weighted by atomic mass is 10.3. The smallest absolute Gasteiger partial charge is 0.0762 e. The number of halogens is 1. The normalized spacial score (nSPS) is 10.7. The summed E-state index contributed by atoms with van der Waals surface area (Å²) in [5, 5.41) is 12.0. The maximum Gasteiger partial charge on any atom is 0.0762 e. The largest absolute Gasteiger partial charge is 0.307 e. The molecule has 6 heteroatoms. The zero-order valence-corrected chi connectivity index (χ0v) is 11.8. The van der Waals surface area contributed by atoms with Crippen molar-refractivity contribution < 1.29 is 0 Å². The van der Waals surface area contributed by atoms with Gasteiger partial charge in [0.1, 0.15) is 0 Å². The Morgan fingerprint density at radius 1 is 1.33 bits per heavy atom. The van der Waals surface area contributed by atoms with Gasteiger partial charge in [-0.15, -0.1) is 12.4 Å². The van der Waals surface area contributed by atoms with Gasteiger partial charge in [0.2, 0.25) is 0 Å². The average Bonchev–Trinajstić information content (AvgIpc) is 2.88. The molecule has 0 atom stereocenters. The highest BCUT2D eigenvalue weighted by Crippen LogP contribution is 2.05. The maximum absolute atomic E-state index is 4.31. The first-order valence-electron chi connectivity index (χ1n) is 5.87. The molecule has 0 bridgehead atoms. The Hall–Kier alpha value is -1.33. The molecule has 18 heavy (non-hydrogen) atoms. The fourth-order valence-electron chi connectivity index (χ4n) is 1.64. The van der Waals surface area contributed by atoms with Crippen LogP contribution in [0.4, 0.5) is 0 Å². The van der Waals surface area contributed by atoms with Crippen molar-refractivity contribution in [1.82, 2.24) is 24.9 Å². The second kappa shape index (κ2) is 6.56. The molecule has 0 unspecified atom stereocenters. The van der Waals surface area contributed by atoms with Gasteiger partial charge in [0, 0.05) is 44.1 Å². The van der Waals surface area contributed by atoms with Crippen LogP contribution in [0.3, 0.4) is 0 Å². The summed E-state index contributed by atoms with van der Waals surface area (Å²) >= 11 is 0. The molecule has 1 N–H and O–H groups in total. The van der Waals surface area contributed by atoms with Crippen molar-refractivity contribution in [3.8, 4) is 0 Å². The number of nitrogens with one attached hydrogen (secondary N) is 1. The lowest BCUT2D eigenvalue weighted by molar-refractivity contribution is 0.531. The predicted molar refractivity (Wildman–Crippen MR) is 73.6 cm³/mol. The summed E-state index contributed by atoms with van der Waals surface area (Å²) in [4.78, 5) is 0. The molecule has 0 aromatic carbocycles. The Morgan fingerprint density at radius 3 is 2.67 bits per heavy atom. The average molecular weight is 270 g/mol. The Morgan fingerprint density at radius 2 is 2.11 bits per heavy atom. The molecule has 2 heterocycles. The topological polar surface area (TPSA) is 47.7 Å². The minimum atomic E-state index is 0. The molecule has 100 valence electrons. The molecule has 0 saturated heterocycles. The highest BCUT2D eigenvalue weighted by molar-refractivity contribution is 5.85. The van der Waals surface area contributed by atoms with Gasteiger partial charge in [-0.25, -0.2) is 0 Å². The summed E-state index contributed by atoms with van der Waals surface area (Å²) in [6.07, 6.45) is 5.94. The van der Waals surface area contributed by atoms with Gasteiger partial charge in [-0.05, 0) is 19.9 Å². The van der Waals surface area contributed by atoms with Crippen LogP contribution in [0.25, 0.3) is 0 Å². The van der Waals surface area contributed by atoms with Crippen molar-refractivity contribution in [2.24, 2.45) is 7.05 Å². The van der Waals surface area contributed by atoms with E-state index in [1.54, 1.807) is 0 Å². The van der Waals surface area contributed by atoms with Gasteiger partial charge in [-0.1, -0.05) is 0 Å². The molecule has 0 aliphatic carbocycles. The van der Waals surface area contributed by atoms with Crippen molar-refractivity contribution in [1.29, 1.82) is 0 Å². The zero-order chi connectivity index (χ0) is 12.3. The second-order valence-electron chi connectivity index (χ2n) is 4.51. The van der Waals surface area contributed by atoms with Crippen LogP contribution < -0.4 is 5.32 Å². The molecule has 5 nitrogen and oxygen atoms in total. The molecule has 0 fully saturated rings. The molecule has 2 rings (SSSR count). The van der Waals surface area contributed by atoms with Crippen LogP contribution >= 0.6 is 12.4 Å². The minimum absolute atomic E-state index is 0. The lowest BCUT2D eigenvalue weighted by Crippen LogP contribution is -2.13. The molecular formula is C12H20ClN5. The third kappa shape index (κ3) is 3.85. The van der Waals surface area contributed by atoms with Crippen LogP contribution in [0.1, 0.15) is 31.1 Å². The van der Waals surface area contributed by atoms with Crippen molar-refractivity contribution in [3.05, 3.63) is 35.9 Å². The van der Waals surface area contributed by atoms with Gasteiger partial charge in [0.25, 0.3) is 0 Å². The Kier molecular flexibility index (Phi) is 5.37. The molecule has 0 amide bonds. The van der Waals surface area contributed by atoms with Gasteiger partial charge < -0.3 is 5.32 Å². The predicted octanol–water partition coefficient (Wildman–Crippen LogP) is 1.91. The standard InChI is InChI=1S/C12H19N5.ClH/c1-10(2)17-9-11(7-14-17)6-13-8-12-4-5-16(3)15-12;/h4-5,7,9-10,13H,6,8H2,1-3H3;1H. The van der Waals surface area contributed by atoms with Crippen LogP contribution in [0.15, 0.2) is 24.7 Å². The minimum Gasteiger partial charge on any atom is -0.307 e. The summed E-state index contributed by atoms with van der Waals surface area (Å²) in [6, 6.07) is 2.43. The summed E-state index contributed by atoms with van der Waals surface area (Å²) < 4.78 is 3.78. The summed E-state index contributed by atoms with van der Waals surface area (Å²) in [7, 11) is 1.93. The second-order valence-corrected chi connectivity index (χ2v) is 4.51. The first-order chi connectivity index (χ1) is 8.15. The fourth-order valence-corrected chi connectivity index (χ4v) is 1.64. The quantitative estimate of drug-likeness (QED) is 0.902. The van der Waals surface area contributed by atoms with Crippen LogP contribution in [0.2, 0.25) is 0 Å². The van der Waals surface area contributed by atoms with Crippen LogP contribution in [0.5, 0.6) is 0 Å². The molecular weight excluding hydrogens is 250 g/mol. The molecule has 2 aromatic heterocycles. The van der Waals surface area contributed by atoms with Crippen molar-refractivity contribution >= 4 is 12.4 Å². The van der Waals surface area contributed by atoms with Crippen molar-refractivity contribution in [2.45, 2.75) is 33.0 Å². The van der Waals surface area contributed by atoms with E-state index in [1.807, 2.05) is 34.9 Å². The molecule has 2 aromatic rings. The van der Waals surface area contributed by atoms with Gasteiger partial charge in [0.15, 0.2) is 0 Å². The monoisotopic (exact) mass is 269 g/mol. The van der Waals surface area contributed by atoms with Crippen molar-refractivity contribution in [2.75, 3.05) is 0 Å². The number of rotatable bonds is 5. The molecule has 0 spiro atoms. The van der Waals surface area contributed by atoms with Crippen LogP contribution in [-0.2, 0) is 20.1 Å². The number of nitrogens with zero attached hydrogens (tertiary/aromatic N) is 4. The van der Waals surface area contributed by atoms with E-state index < -0.39 is 0 Å². The number of hydrogen-bond donors (Lipinski definition) is 1. The summed E-state index contributed by atoms with van der Waals surface area (Å²) in [5.74, 6) is 0. The Labute approximate surface area is 114 Å². The van der Waals surface area contributed by atoms with Gasteiger partial charge >= 0.3 is 0 Å². The van der Waals surface area contributed by atoms with Crippen molar-refractivity contribution in [3.63, 3.8) is 0 Å². The van der Waals surface area contributed by atoms with E-state index in [2.05, 4.69) is 35.6 Å². The lowest BCUT2D eigenvalue weighted by Gasteiger charge is -2.03. The van der Waals surface area contributed by atoms with E-state index in [4.69, 9.17) is 0 Å². The van der Waals surface area contributed by atoms with E-state index >= 15 is 0 Å². The maximum atomic E-state index is 4.31. The van der Waals surface area contributed by atoms with E-state index in [1.165, 1.54) is 5.56 Å². The van der Waals surface area contributed by atoms with Gasteiger partial charge in [-0.2, -0.15) is 10.2 Å². The van der Waals surface area contributed by atoms with E-state index in [0.717, 1.165) is 18.8 Å². The van der Waals surface area contributed by atoms with Gasteiger partial charge in [-0.3, -0.25) is 9.36 Å². The number of hydrogen-bond acceptors (Lipinski definition) is 3. The van der Waals surface area contributed by atoms with Gasteiger partial charge in [0.05, 0.1) is 11.9 Å². The SMILES string of the molecule is CC(C)n1cc(CNCc2ccn(C)n2)cn1.Cl. The van der Waals surface area contributed by atoms with Crippen LogP contribution in [-0.4, -0.2) is 19.6 Å². The van der Waals surface area contributed by atoms with E-state index in [-0.39, 0.29) is 12.4 Å². The first-order valence-corrected chi connectivity index (χ1v) is 5.87. The molecule has 0 aliphatic heterocycles. The molecule has 0 saturated carbocycles. The highest BCUT2D eigenvalue weighted by Gasteiger charge is 2.02. The fraction of sp³-hybridized carbons (Fsp3) is 0.500. The zero-order valence-electron chi connectivity index (χ0n) is 11.0. The first kappa shape index (κ1) is 14.7. The Bertz CT molecular complexity index is 474. The Balaban J connectivity index is 0.00000162. The van der Waals surface area contributed by atoms with Crippen LogP contribution in [0, 0.1) is 0 Å². The van der Waals surface area contributed by atoms with E-state index in [0.29, 0.717) is 6.04 Å². The number of aromatic nitrogens is 4. The summed E-state index contributed by atoms with van der Waals surface area (Å²) in [6.45, 7) is 5.85.